The van der Waals surface area contributed by atoms with Crippen LogP contribution in [0, 0.1) is 23.7 Å². The van der Waals surface area contributed by atoms with E-state index in [1.54, 1.807) is 17.0 Å². The second kappa shape index (κ2) is 7.29. The molecule has 1 amide bonds. The minimum atomic E-state index is 0.106. The first-order valence-electron chi connectivity index (χ1n) is 10.7. The summed E-state index contributed by atoms with van der Waals surface area (Å²) in [6.07, 6.45) is 7.46. The topological polar surface area (TPSA) is 34.0 Å². The van der Waals surface area contributed by atoms with Gasteiger partial charge in [-0.15, -0.1) is 0 Å². The highest BCUT2D eigenvalue weighted by Gasteiger charge is 2.52. The quantitative estimate of drug-likeness (QED) is 0.857. The lowest BCUT2D eigenvalue weighted by Crippen LogP contribution is -3.20. The summed E-state index contributed by atoms with van der Waals surface area (Å²) in [7, 11) is 0. The molecule has 146 valence electrons. The molecule has 0 atom stereocenters. The van der Waals surface area contributed by atoms with E-state index in [9.17, 15) is 4.79 Å². The lowest BCUT2D eigenvalue weighted by atomic mass is 9.54. The first kappa shape index (κ1) is 17.8. The van der Waals surface area contributed by atoms with Gasteiger partial charge in [0, 0.05) is 16.9 Å². The van der Waals surface area contributed by atoms with Crippen LogP contribution >= 0.6 is 11.6 Å². The van der Waals surface area contributed by atoms with Crippen molar-refractivity contribution in [2.45, 2.75) is 38.1 Å². The fourth-order valence-electron chi connectivity index (χ4n) is 6.74. The van der Waals surface area contributed by atoms with Crippen LogP contribution < -0.4 is 9.64 Å². The number of halogens is 1. The first-order valence-corrected chi connectivity index (χ1v) is 11.0. The molecule has 6 rings (SSSR count). The molecular weight excluding hydrogens is 360 g/mol. The Morgan fingerprint density at radius 1 is 1.00 bits per heavy atom. The third-order valence-corrected chi connectivity index (χ3v) is 7.88. The zero-order chi connectivity index (χ0) is 18.4. The normalized spacial score (nSPS) is 35.4. The number of piperazine rings is 1. The number of hydrogen-bond donors (Lipinski definition) is 1. The van der Waals surface area contributed by atoms with Gasteiger partial charge in [-0.2, -0.15) is 0 Å². The van der Waals surface area contributed by atoms with Crippen molar-refractivity contribution in [3.05, 3.63) is 29.3 Å². The van der Waals surface area contributed by atoms with Crippen molar-refractivity contribution >= 4 is 17.5 Å². The average molecular weight is 390 g/mol. The molecule has 1 heterocycles. The Morgan fingerprint density at radius 3 is 2.19 bits per heavy atom. The number of quaternary nitrogens is 1. The van der Waals surface area contributed by atoms with Crippen LogP contribution in [-0.2, 0) is 4.79 Å². The zero-order valence-corrected chi connectivity index (χ0v) is 16.7. The summed E-state index contributed by atoms with van der Waals surface area (Å²) in [5.41, 5.74) is 0. The molecule has 5 heteroatoms. The first-order chi connectivity index (χ1) is 13.2. The van der Waals surface area contributed by atoms with E-state index in [0.29, 0.717) is 10.8 Å². The predicted molar refractivity (Wildman–Crippen MR) is 105 cm³/mol. The maximum absolute atomic E-state index is 12.5. The van der Waals surface area contributed by atoms with Crippen LogP contribution in [0.3, 0.4) is 0 Å². The van der Waals surface area contributed by atoms with Gasteiger partial charge in [0.2, 0.25) is 0 Å². The van der Waals surface area contributed by atoms with Crippen molar-refractivity contribution in [2.24, 2.45) is 23.7 Å². The van der Waals surface area contributed by atoms with Gasteiger partial charge in [-0.25, -0.2) is 0 Å². The monoisotopic (exact) mass is 389 g/mol. The van der Waals surface area contributed by atoms with E-state index >= 15 is 0 Å². The van der Waals surface area contributed by atoms with E-state index in [2.05, 4.69) is 0 Å². The molecule has 27 heavy (non-hydrogen) atoms. The highest BCUT2D eigenvalue weighted by atomic mass is 35.5. The highest BCUT2D eigenvalue weighted by Crippen LogP contribution is 2.53. The average Bonchev–Trinajstić information content (AvgIpc) is 2.67. The van der Waals surface area contributed by atoms with Crippen molar-refractivity contribution in [1.29, 1.82) is 0 Å². The summed E-state index contributed by atoms with van der Waals surface area (Å²) in [6, 6.07) is 8.07. The molecule has 4 saturated carbocycles. The molecule has 5 aliphatic rings. The van der Waals surface area contributed by atoms with Crippen molar-refractivity contribution < 1.29 is 14.4 Å². The molecule has 4 nitrogen and oxygen atoms in total. The van der Waals surface area contributed by atoms with Crippen LogP contribution in [0.1, 0.15) is 32.1 Å². The predicted octanol–water partition coefficient (Wildman–Crippen LogP) is 2.27. The molecule has 0 unspecified atom stereocenters. The largest absolute Gasteiger partial charge is 0.484 e. The van der Waals surface area contributed by atoms with Crippen LogP contribution in [0.2, 0.25) is 5.02 Å². The molecule has 1 N–H and O–H groups in total. The molecule has 0 aromatic heterocycles. The minimum absolute atomic E-state index is 0.106. The second-order valence-corrected chi connectivity index (χ2v) is 9.67. The standard InChI is InChI=1S/C22H29ClN2O2/c23-19-1-3-20(4-2-19)27-14-21(26)24-5-7-25(8-6-24)22-17-10-15-9-16(12-17)13-18(22)11-15/h1-4,15-18,22H,5-14H2/p+1. The summed E-state index contributed by atoms with van der Waals surface area (Å²) < 4.78 is 5.64. The molecule has 1 aliphatic heterocycles. The SMILES string of the molecule is O=C(COc1ccc(Cl)cc1)N1CC[NH+](C2C3CC4CC(C3)CC2C4)CC1. The van der Waals surface area contributed by atoms with Gasteiger partial charge in [0.15, 0.2) is 6.61 Å². The lowest BCUT2D eigenvalue weighted by Gasteiger charge is -2.56. The van der Waals surface area contributed by atoms with E-state index in [-0.39, 0.29) is 12.5 Å². The number of rotatable bonds is 4. The summed E-state index contributed by atoms with van der Waals surface area (Å²) in [5.74, 6) is 4.81. The fourth-order valence-corrected chi connectivity index (χ4v) is 6.86. The van der Waals surface area contributed by atoms with Crippen LogP contribution in [0.25, 0.3) is 0 Å². The van der Waals surface area contributed by atoms with Gasteiger partial charge in [-0.05, 0) is 68.2 Å². The number of hydrogen-bond acceptors (Lipinski definition) is 2. The molecule has 1 saturated heterocycles. The molecule has 4 aliphatic carbocycles. The number of carbonyl (C=O) groups is 1. The van der Waals surface area contributed by atoms with Gasteiger partial charge in [0.05, 0.1) is 32.2 Å². The Bertz CT molecular complexity index is 656. The Hall–Kier alpha value is -1.26. The van der Waals surface area contributed by atoms with E-state index in [0.717, 1.165) is 55.9 Å². The van der Waals surface area contributed by atoms with Crippen LogP contribution in [0.5, 0.6) is 5.75 Å². The number of amides is 1. The van der Waals surface area contributed by atoms with E-state index < -0.39 is 0 Å². The van der Waals surface area contributed by atoms with Crippen molar-refractivity contribution in [3.8, 4) is 5.75 Å². The van der Waals surface area contributed by atoms with Crippen LogP contribution in [0.4, 0.5) is 0 Å². The Labute approximate surface area is 166 Å². The summed E-state index contributed by atoms with van der Waals surface area (Å²) in [4.78, 5) is 16.3. The molecule has 5 fully saturated rings. The third-order valence-electron chi connectivity index (χ3n) is 7.63. The number of nitrogens with zero attached hydrogens (tertiary/aromatic N) is 1. The van der Waals surface area contributed by atoms with Crippen molar-refractivity contribution in [2.75, 3.05) is 32.8 Å². The molecule has 1 aromatic rings. The van der Waals surface area contributed by atoms with Crippen molar-refractivity contribution in [1.82, 2.24) is 4.90 Å². The van der Waals surface area contributed by atoms with Gasteiger partial charge in [-0.1, -0.05) is 11.6 Å². The molecule has 4 bridgehead atoms. The summed E-state index contributed by atoms with van der Waals surface area (Å²) in [6.45, 7) is 4.09. The molecule has 0 radical (unpaired) electrons. The Balaban J connectivity index is 1.12. The molecule has 1 aromatic carbocycles. The second-order valence-electron chi connectivity index (χ2n) is 9.24. The lowest BCUT2D eigenvalue weighted by molar-refractivity contribution is -0.939. The maximum Gasteiger partial charge on any atom is 0.260 e. The van der Waals surface area contributed by atoms with E-state index in [4.69, 9.17) is 16.3 Å². The summed E-state index contributed by atoms with van der Waals surface area (Å²) >= 11 is 5.89. The van der Waals surface area contributed by atoms with Gasteiger partial charge < -0.3 is 14.5 Å². The molecule has 0 spiro atoms. The van der Waals surface area contributed by atoms with E-state index in [1.165, 1.54) is 32.1 Å². The minimum Gasteiger partial charge on any atom is -0.484 e. The summed E-state index contributed by atoms with van der Waals surface area (Å²) in [5, 5.41) is 0.678. The smallest absolute Gasteiger partial charge is 0.260 e. The maximum atomic E-state index is 12.5. The number of nitrogens with one attached hydrogen (secondary N) is 1. The third kappa shape index (κ3) is 3.58. The Kier molecular flexibility index (Phi) is 4.81. The molecular formula is C22H30ClN2O2+. The number of ether oxygens (including phenoxy) is 1. The highest BCUT2D eigenvalue weighted by molar-refractivity contribution is 6.30. The van der Waals surface area contributed by atoms with Crippen molar-refractivity contribution in [3.63, 3.8) is 0 Å². The van der Waals surface area contributed by atoms with E-state index in [1.807, 2.05) is 17.0 Å². The number of benzene rings is 1. The fraction of sp³-hybridized carbons (Fsp3) is 0.682. The van der Waals surface area contributed by atoms with Gasteiger partial charge in [0.25, 0.3) is 5.91 Å². The van der Waals surface area contributed by atoms with Crippen LogP contribution in [0.15, 0.2) is 24.3 Å². The van der Waals surface area contributed by atoms with Gasteiger partial charge in [0.1, 0.15) is 5.75 Å². The Morgan fingerprint density at radius 2 is 1.59 bits per heavy atom. The van der Waals surface area contributed by atoms with Gasteiger partial charge in [-0.3, -0.25) is 4.79 Å². The van der Waals surface area contributed by atoms with Gasteiger partial charge >= 0.3 is 0 Å². The van der Waals surface area contributed by atoms with Crippen LogP contribution in [-0.4, -0.2) is 49.6 Å². The zero-order valence-electron chi connectivity index (χ0n) is 15.9. The number of carbonyl (C=O) groups excluding carboxylic acids is 1.